The first-order chi connectivity index (χ1) is 9.77. The van der Waals surface area contributed by atoms with Crippen LogP contribution in [0.4, 0.5) is 0 Å². The molecule has 0 bridgehead atoms. The summed E-state index contributed by atoms with van der Waals surface area (Å²) in [6.45, 7) is 10.1. The van der Waals surface area contributed by atoms with Crippen molar-refractivity contribution in [3.8, 4) is 0 Å². The van der Waals surface area contributed by atoms with E-state index < -0.39 is 0 Å². The van der Waals surface area contributed by atoms with E-state index in [1.165, 1.54) is 0 Å². The number of nitrogens with zero attached hydrogens (tertiary/aromatic N) is 1. The highest BCUT2D eigenvalue weighted by Crippen LogP contribution is 2.31. The van der Waals surface area contributed by atoms with Crippen LogP contribution in [0.1, 0.15) is 40.0 Å². The molecule has 5 heteroatoms. The summed E-state index contributed by atoms with van der Waals surface area (Å²) in [6.07, 6.45) is 2.44. The number of nitrogens with one attached hydrogen (secondary N) is 1. The van der Waals surface area contributed by atoms with E-state index in [1.807, 2.05) is 14.1 Å². The van der Waals surface area contributed by atoms with Gasteiger partial charge in [0.25, 0.3) is 0 Å². The fourth-order valence-electron chi connectivity index (χ4n) is 2.22. The normalized spacial score (nSPS) is 13.5. The Bertz CT molecular complexity index is 275. The zero-order valence-electron chi connectivity index (χ0n) is 14.6. The Hall–Kier alpha value is -0.650. The molecule has 1 unspecified atom stereocenters. The molecule has 0 aromatic carbocycles. The second-order valence-electron chi connectivity index (χ2n) is 6.94. The highest BCUT2D eigenvalue weighted by atomic mass is 16.5. The molecule has 0 aromatic rings. The van der Waals surface area contributed by atoms with Crippen molar-refractivity contribution < 1.29 is 9.53 Å². The molecular weight excluding hydrogens is 266 g/mol. The van der Waals surface area contributed by atoms with Gasteiger partial charge in [0, 0.05) is 19.5 Å². The van der Waals surface area contributed by atoms with Gasteiger partial charge in [0.05, 0.1) is 13.2 Å². The standard InChI is InChI=1S/C16H35N3O2/c1-16(2,3)14(8-9-17)6-7-15(20)18-10-12-21-13-11-19(4)5/h14H,6-13,17H2,1-5H3,(H,18,20). The minimum Gasteiger partial charge on any atom is -0.378 e. The topological polar surface area (TPSA) is 67.6 Å². The number of carbonyl (C=O) groups is 1. The summed E-state index contributed by atoms with van der Waals surface area (Å²) in [5.74, 6) is 0.599. The summed E-state index contributed by atoms with van der Waals surface area (Å²) in [4.78, 5) is 13.9. The van der Waals surface area contributed by atoms with Gasteiger partial charge in [-0.05, 0) is 44.8 Å². The fraction of sp³-hybridized carbons (Fsp3) is 0.938. The average molecular weight is 301 g/mol. The molecule has 21 heavy (non-hydrogen) atoms. The van der Waals surface area contributed by atoms with Crippen LogP contribution in [-0.2, 0) is 9.53 Å². The molecule has 0 saturated heterocycles. The predicted molar refractivity (Wildman–Crippen MR) is 88.2 cm³/mol. The number of hydrogen-bond donors (Lipinski definition) is 2. The second-order valence-corrected chi connectivity index (χ2v) is 6.94. The number of hydrogen-bond acceptors (Lipinski definition) is 4. The minimum absolute atomic E-state index is 0.109. The van der Waals surface area contributed by atoms with Gasteiger partial charge in [-0.1, -0.05) is 20.8 Å². The van der Waals surface area contributed by atoms with Crippen LogP contribution in [0.3, 0.4) is 0 Å². The van der Waals surface area contributed by atoms with E-state index in [2.05, 4.69) is 31.0 Å². The highest BCUT2D eigenvalue weighted by molar-refractivity contribution is 5.75. The Kier molecular flexibility index (Phi) is 10.6. The smallest absolute Gasteiger partial charge is 0.220 e. The molecule has 1 amide bonds. The van der Waals surface area contributed by atoms with Gasteiger partial charge >= 0.3 is 0 Å². The van der Waals surface area contributed by atoms with Crippen molar-refractivity contribution in [3.63, 3.8) is 0 Å². The van der Waals surface area contributed by atoms with E-state index in [-0.39, 0.29) is 11.3 Å². The lowest BCUT2D eigenvalue weighted by atomic mass is 9.76. The summed E-state index contributed by atoms with van der Waals surface area (Å²) in [5.41, 5.74) is 5.86. The van der Waals surface area contributed by atoms with Crippen molar-refractivity contribution in [1.29, 1.82) is 0 Å². The molecular formula is C16H35N3O2. The van der Waals surface area contributed by atoms with E-state index in [4.69, 9.17) is 10.5 Å². The maximum Gasteiger partial charge on any atom is 0.220 e. The van der Waals surface area contributed by atoms with Crippen LogP contribution in [0, 0.1) is 11.3 Å². The first-order valence-corrected chi connectivity index (χ1v) is 7.96. The zero-order chi connectivity index (χ0) is 16.3. The lowest BCUT2D eigenvalue weighted by molar-refractivity contribution is -0.121. The molecule has 0 saturated carbocycles. The Balaban J connectivity index is 3.74. The maximum absolute atomic E-state index is 11.8. The van der Waals surface area contributed by atoms with Gasteiger partial charge in [-0.25, -0.2) is 0 Å². The molecule has 0 spiro atoms. The van der Waals surface area contributed by atoms with E-state index >= 15 is 0 Å². The molecule has 0 rings (SSSR count). The Morgan fingerprint density at radius 1 is 1.24 bits per heavy atom. The van der Waals surface area contributed by atoms with E-state index in [9.17, 15) is 4.79 Å². The fourth-order valence-corrected chi connectivity index (χ4v) is 2.22. The molecule has 0 heterocycles. The summed E-state index contributed by atoms with van der Waals surface area (Å²) in [6, 6.07) is 0. The van der Waals surface area contributed by atoms with E-state index in [0.717, 1.165) is 19.4 Å². The van der Waals surface area contributed by atoms with Gasteiger partial charge in [-0.15, -0.1) is 0 Å². The molecule has 0 radical (unpaired) electrons. The van der Waals surface area contributed by atoms with Crippen molar-refractivity contribution in [2.75, 3.05) is 46.9 Å². The summed E-state index contributed by atoms with van der Waals surface area (Å²) in [7, 11) is 4.02. The van der Waals surface area contributed by atoms with Crippen molar-refractivity contribution in [1.82, 2.24) is 10.2 Å². The van der Waals surface area contributed by atoms with Crippen LogP contribution >= 0.6 is 0 Å². The Morgan fingerprint density at radius 2 is 1.90 bits per heavy atom. The van der Waals surface area contributed by atoms with Crippen LogP contribution in [0.2, 0.25) is 0 Å². The van der Waals surface area contributed by atoms with Gasteiger partial charge in [0.2, 0.25) is 5.91 Å². The van der Waals surface area contributed by atoms with Gasteiger partial charge in [-0.3, -0.25) is 4.79 Å². The number of nitrogens with two attached hydrogens (primary N) is 1. The van der Waals surface area contributed by atoms with Crippen molar-refractivity contribution in [3.05, 3.63) is 0 Å². The quantitative estimate of drug-likeness (QED) is 0.567. The SMILES string of the molecule is CN(C)CCOCCNC(=O)CCC(CCN)C(C)(C)C. The van der Waals surface area contributed by atoms with Crippen LogP contribution in [-0.4, -0.2) is 57.8 Å². The Morgan fingerprint density at radius 3 is 2.43 bits per heavy atom. The summed E-state index contributed by atoms with van der Waals surface area (Å²) in [5, 5.41) is 2.91. The van der Waals surface area contributed by atoms with Gasteiger partial charge in [0.1, 0.15) is 0 Å². The third-order valence-electron chi connectivity index (χ3n) is 3.71. The third-order valence-corrected chi connectivity index (χ3v) is 3.71. The van der Waals surface area contributed by atoms with Crippen LogP contribution in [0.25, 0.3) is 0 Å². The largest absolute Gasteiger partial charge is 0.378 e. The van der Waals surface area contributed by atoms with Crippen LogP contribution in [0.5, 0.6) is 0 Å². The van der Waals surface area contributed by atoms with Crippen molar-refractivity contribution >= 4 is 5.91 Å². The van der Waals surface area contributed by atoms with Gasteiger partial charge < -0.3 is 20.7 Å². The van der Waals surface area contributed by atoms with Gasteiger partial charge in [0.15, 0.2) is 0 Å². The molecule has 0 fully saturated rings. The number of rotatable bonds is 11. The molecule has 0 aliphatic rings. The lowest BCUT2D eigenvalue weighted by Crippen LogP contribution is -2.30. The lowest BCUT2D eigenvalue weighted by Gasteiger charge is -2.30. The average Bonchev–Trinajstić information content (AvgIpc) is 2.36. The molecule has 3 N–H and O–H groups in total. The predicted octanol–water partition coefficient (Wildman–Crippen LogP) is 1.47. The molecule has 5 nitrogen and oxygen atoms in total. The molecule has 1 atom stereocenters. The molecule has 126 valence electrons. The Labute approximate surface area is 130 Å². The molecule has 0 aliphatic heterocycles. The minimum atomic E-state index is 0.109. The summed E-state index contributed by atoms with van der Waals surface area (Å²) >= 11 is 0. The van der Waals surface area contributed by atoms with E-state index in [0.29, 0.717) is 38.6 Å². The van der Waals surface area contributed by atoms with Crippen LogP contribution in [0.15, 0.2) is 0 Å². The number of ether oxygens (including phenoxy) is 1. The summed E-state index contributed by atoms with van der Waals surface area (Å²) < 4.78 is 5.44. The molecule has 0 aromatic heterocycles. The van der Waals surface area contributed by atoms with Crippen LogP contribution < -0.4 is 11.1 Å². The molecule has 0 aliphatic carbocycles. The third kappa shape index (κ3) is 11.7. The monoisotopic (exact) mass is 301 g/mol. The van der Waals surface area contributed by atoms with Gasteiger partial charge in [-0.2, -0.15) is 0 Å². The second kappa shape index (κ2) is 11.0. The number of carbonyl (C=O) groups excluding carboxylic acids is 1. The van der Waals surface area contributed by atoms with Crippen molar-refractivity contribution in [2.24, 2.45) is 17.1 Å². The number of amides is 1. The maximum atomic E-state index is 11.8. The zero-order valence-corrected chi connectivity index (χ0v) is 14.6. The van der Waals surface area contributed by atoms with Crippen molar-refractivity contribution in [2.45, 2.75) is 40.0 Å². The first-order valence-electron chi connectivity index (χ1n) is 7.96. The van der Waals surface area contributed by atoms with E-state index in [1.54, 1.807) is 0 Å². The number of likely N-dealkylation sites (N-methyl/N-ethyl adjacent to an activating group) is 1. The first kappa shape index (κ1) is 20.3. The highest BCUT2D eigenvalue weighted by Gasteiger charge is 2.24.